The number of carbonyl (C=O) groups is 1. The van der Waals surface area contributed by atoms with E-state index in [4.69, 9.17) is 9.72 Å². The molecular weight excluding hydrogens is 354 g/mol. The first-order valence-electron chi connectivity index (χ1n) is 9.83. The smallest absolute Gasteiger partial charge is 0.411 e. The van der Waals surface area contributed by atoms with Crippen LogP contribution < -0.4 is 5.32 Å². The fourth-order valence-corrected chi connectivity index (χ4v) is 3.18. The first-order valence-corrected chi connectivity index (χ1v) is 9.83. The Hall–Kier alpha value is -2.70. The van der Waals surface area contributed by atoms with Gasteiger partial charge in [-0.05, 0) is 64.7 Å². The van der Waals surface area contributed by atoms with Crippen molar-refractivity contribution >= 4 is 11.9 Å². The van der Waals surface area contributed by atoms with E-state index in [-0.39, 0.29) is 6.09 Å². The molecule has 28 heavy (non-hydrogen) atoms. The fraction of sp³-hybridized carbons (Fsp3) is 0.524. The van der Waals surface area contributed by atoms with Crippen molar-refractivity contribution in [1.29, 1.82) is 0 Å². The minimum Gasteiger partial charge on any atom is -0.444 e. The molecule has 1 aliphatic rings. The maximum absolute atomic E-state index is 12.5. The van der Waals surface area contributed by atoms with Gasteiger partial charge in [0.05, 0.1) is 12.4 Å². The Labute approximate surface area is 166 Å². The third kappa shape index (κ3) is 5.18. The molecule has 1 amide bonds. The number of carbonyl (C=O) groups excluding carboxylic acids is 1. The fourth-order valence-electron chi connectivity index (χ4n) is 3.18. The Balaban J connectivity index is 1.84. The van der Waals surface area contributed by atoms with Gasteiger partial charge in [-0.3, -0.25) is 4.90 Å². The number of nitrogens with one attached hydrogen (secondary N) is 1. The van der Waals surface area contributed by atoms with Crippen LogP contribution in [-0.4, -0.2) is 44.8 Å². The first kappa shape index (κ1) is 20.0. The zero-order valence-electron chi connectivity index (χ0n) is 17.2. The second-order valence-electron chi connectivity index (χ2n) is 8.09. The second kappa shape index (κ2) is 8.54. The molecule has 0 spiro atoms. The molecule has 0 radical (unpaired) electrons. The first-order chi connectivity index (χ1) is 13.3. The third-order valence-corrected chi connectivity index (χ3v) is 4.56. The molecule has 2 aromatic heterocycles. The van der Waals surface area contributed by atoms with Gasteiger partial charge < -0.3 is 10.1 Å². The van der Waals surface area contributed by atoms with Gasteiger partial charge in [0.15, 0.2) is 5.82 Å². The average molecular weight is 383 g/mol. The lowest BCUT2D eigenvalue weighted by molar-refractivity contribution is 0.0260. The molecule has 3 heterocycles. The van der Waals surface area contributed by atoms with E-state index in [2.05, 4.69) is 21.4 Å². The van der Waals surface area contributed by atoms with Gasteiger partial charge in [-0.15, -0.1) is 0 Å². The predicted molar refractivity (Wildman–Crippen MR) is 109 cm³/mol. The molecule has 0 bridgehead atoms. The van der Waals surface area contributed by atoms with E-state index in [1.54, 1.807) is 23.4 Å². The van der Waals surface area contributed by atoms with Crippen molar-refractivity contribution in [3.63, 3.8) is 0 Å². The number of aryl methyl sites for hydroxylation is 2. The zero-order chi connectivity index (χ0) is 20.1. The number of hydrogen-bond donors (Lipinski definition) is 1. The number of ether oxygens (including phenoxy) is 1. The topological polar surface area (TPSA) is 80.2 Å². The molecule has 1 N–H and O–H groups in total. The van der Waals surface area contributed by atoms with Crippen molar-refractivity contribution in [2.45, 2.75) is 59.0 Å². The Morgan fingerprint density at radius 1 is 1.18 bits per heavy atom. The lowest BCUT2D eigenvalue weighted by Crippen LogP contribution is -2.40. The van der Waals surface area contributed by atoms with Crippen LogP contribution in [0.3, 0.4) is 0 Å². The normalized spacial score (nSPS) is 15.4. The Kier molecular flexibility index (Phi) is 6.11. The molecule has 0 atom stereocenters. The Morgan fingerprint density at radius 2 is 1.93 bits per heavy atom. The quantitative estimate of drug-likeness (QED) is 0.796. The van der Waals surface area contributed by atoms with Crippen LogP contribution >= 0.6 is 0 Å². The molecule has 2 aromatic rings. The van der Waals surface area contributed by atoms with Gasteiger partial charge in [0.1, 0.15) is 11.4 Å². The van der Waals surface area contributed by atoms with Crippen molar-refractivity contribution in [1.82, 2.24) is 19.9 Å². The number of anilines is 1. The lowest BCUT2D eigenvalue weighted by Gasteiger charge is -2.28. The van der Waals surface area contributed by atoms with Crippen LogP contribution in [0.25, 0.3) is 11.4 Å². The van der Waals surface area contributed by atoms with Crippen molar-refractivity contribution in [3.05, 3.63) is 35.8 Å². The summed E-state index contributed by atoms with van der Waals surface area (Å²) < 4.78 is 5.54. The number of fused-ring (bicyclic) bond motifs is 1. The second-order valence-corrected chi connectivity index (χ2v) is 8.09. The maximum atomic E-state index is 12.5. The SMILES string of the molecule is Cc1nc2c(cc1-c1ncccn1)CCCCCN(C(=O)OC(C)(C)C)CN2. The molecule has 0 saturated heterocycles. The highest BCUT2D eigenvalue weighted by Crippen LogP contribution is 2.26. The van der Waals surface area contributed by atoms with Gasteiger partial charge >= 0.3 is 6.09 Å². The number of pyridine rings is 1. The summed E-state index contributed by atoms with van der Waals surface area (Å²) in [5.74, 6) is 1.50. The van der Waals surface area contributed by atoms with Gasteiger partial charge in [-0.25, -0.2) is 19.7 Å². The van der Waals surface area contributed by atoms with E-state index in [1.165, 1.54) is 0 Å². The van der Waals surface area contributed by atoms with E-state index in [0.717, 1.165) is 48.3 Å². The van der Waals surface area contributed by atoms with Crippen LogP contribution in [0.15, 0.2) is 24.5 Å². The predicted octanol–water partition coefficient (Wildman–Crippen LogP) is 4.18. The van der Waals surface area contributed by atoms with Gasteiger partial charge in [0.2, 0.25) is 0 Å². The molecule has 7 heteroatoms. The Bertz CT molecular complexity index is 818. The summed E-state index contributed by atoms with van der Waals surface area (Å²) in [7, 11) is 0. The standard InChI is InChI=1S/C21H29N5O2/c1-15-17(19-22-10-8-11-23-19)13-16-9-6-5-7-12-26(14-24-18(16)25-15)20(27)28-21(2,3)4/h8,10-11,13H,5-7,9,12,14H2,1-4H3,(H,24,25). The van der Waals surface area contributed by atoms with Crippen LogP contribution in [-0.2, 0) is 11.2 Å². The van der Waals surface area contributed by atoms with E-state index in [0.29, 0.717) is 19.0 Å². The monoisotopic (exact) mass is 383 g/mol. The minimum atomic E-state index is -0.510. The van der Waals surface area contributed by atoms with Gasteiger partial charge in [0, 0.05) is 24.5 Å². The van der Waals surface area contributed by atoms with Crippen molar-refractivity contribution < 1.29 is 9.53 Å². The van der Waals surface area contributed by atoms with Crippen LogP contribution in [0.1, 0.15) is 51.3 Å². The average Bonchev–Trinajstić information content (AvgIpc) is 2.64. The van der Waals surface area contributed by atoms with Gasteiger partial charge in [-0.2, -0.15) is 0 Å². The zero-order valence-corrected chi connectivity index (χ0v) is 17.2. The number of hydrogen-bond acceptors (Lipinski definition) is 6. The van der Waals surface area contributed by atoms with Crippen LogP contribution in [0, 0.1) is 6.92 Å². The molecule has 1 aliphatic heterocycles. The molecule has 7 nitrogen and oxygen atoms in total. The van der Waals surface area contributed by atoms with Gasteiger partial charge in [0.25, 0.3) is 0 Å². The van der Waals surface area contributed by atoms with Crippen molar-refractivity contribution in [3.8, 4) is 11.4 Å². The molecule has 0 fully saturated rings. The molecule has 3 rings (SSSR count). The molecule has 0 aliphatic carbocycles. The summed E-state index contributed by atoms with van der Waals surface area (Å²) in [6.45, 7) is 8.65. The summed E-state index contributed by atoms with van der Waals surface area (Å²) in [6.07, 6.45) is 7.15. The van der Waals surface area contributed by atoms with Crippen LogP contribution in [0.2, 0.25) is 0 Å². The Morgan fingerprint density at radius 3 is 2.64 bits per heavy atom. The third-order valence-electron chi connectivity index (χ3n) is 4.56. The summed E-state index contributed by atoms with van der Waals surface area (Å²) in [6, 6.07) is 3.93. The largest absolute Gasteiger partial charge is 0.444 e. The lowest BCUT2D eigenvalue weighted by atomic mass is 10.0. The minimum absolute atomic E-state index is 0.298. The van der Waals surface area contributed by atoms with Gasteiger partial charge in [-0.1, -0.05) is 6.42 Å². The molecule has 0 aromatic carbocycles. The highest BCUT2D eigenvalue weighted by molar-refractivity contribution is 5.69. The van der Waals surface area contributed by atoms with Crippen molar-refractivity contribution in [2.75, 3.05) is 18.5 Å². The van der Waals surface area contributed by atoms with Crippen molar-refractivity contribution in [2.24, 2.45) is 0 Å². The number of rotatable bonds is 1. The number of amides is 1. The van der Waals surface area contributed by atoms with E-state index < -0.39 is 5.60 Å². The summed E-state index contributed by atoms with van der Waals surface area (Å²) in [5, 5.41) is 3.34. The summed E-state index contributed by atoms with van der Waals surface area (Å²) in [4.78, 5) is 27.7. The van der Waals surface area contributed by atoms with E-state index in [9.17, 15) is 4.79 Å². The molecular formula is C21H29N5O2. The summed E-state index contributed by atoms with van der Waals surface area (Å²) in [5.41, 5.74) is 2.42. The summed E-state index contributed by atoms with van der Waals surface area (Å²) >= 11 is 0. The van der Waals surface area contributed by atoms with Crippen LogP contribution in [0.4, 0.5) is 10.6 Å². The molecule has 150 valence electrons. The number of nitrogens with zero attached hydrogens (tertiary/aromatic N) is 4. The maximum Gasteiger partial charge on any atom is 0.411 e. The van der Waals surface area contributed by atoms with Crippen LogP contribution in [0.5, 0.6) is 0 Å². The molecule has 0 unspecified atom stereocenters. The molecule has 0 saturated carbocycles. The number of aromatic nitrogens is 3. The van der Waals surface area contributed by atoms with E-state index in [1.807, 2.05) is 27.7 Å². The highest BCUT2D eigenvalue weighted by Gasteiger charge is 2.23. The highest BCUT2D eigenvalue weighted by atomic mass is 16.6. The van der Waals surface area contributed by atoms with E-state index >= 15 is 0 Å².